The van der Waals surface area contributed by atoms with Crippen LogP contribution in [0, 0.1) is 16.0 Å². The minimum atomic E-state index is -0.402. The molecule has 1 aliphatic rings. The molecular formula is C12H15ClN2O3. The van der Waals surface area contributed by atoms with Gasteiger partial charge in [0.1, 0.15) is 5.69 Å². The van der Waals surface area contributed by atoms with Crippen molar-refractivity contribution in [2.24, 2.45) is 5.92 Å². The second-order valence-electron chi connectivity index (χ2n) is 4.50. The number of nitro groups is 1. The molecule has 1 aliphatic heterocycles. The number of aliphatic hydroxyl groups is 1. The molecule has 1 aromatic rings. The van der Waals surface area contributed by atoms with E-state index in [9.17, 15) is 10.1 Å². The van der Waals surface area contributed by atoms with Crippen molar-refractivity contribution in [3.05, 3.63) is 33.3 Å². The molecule has 0 aliphatic carbocycles. The van der Waals surface area contributed by atoms with Gasteiger partial charge in [-0.05, 0) is 30.9 Å². The van der Waals surface area contributed by atoms with Gasteiger partial charge < -0.3 is 10.0 Å². The van der Waals surface area contributed by atoms with E-state index in [0.29, 0.717) is 16.6 Å². The average molecular weight is 271 g/mol. The number of rotatable bonds is 4. The maximum absolute atomic E-state index is 11.0. The van der Waals surface area contributed by atoms with Crippen LogP contribution in [0.4, 0.5) is 11.4 Å². The first-order chi connectivity index (χ1) is 8.61. The molecule has 6 heteroatoms. The molecule has 1 aromatic carbocycles. The van der Waals surface area contributed by atoms with Crippen molar-refractivity contribution in [2.45, 2.75) is 12.8 Å². The van der Waals surface area contributed by atoms with E-state index in [2.05, 4.69) is 0 Å². The Bertz CT molecular complexity index is 453. The molecule has 1 saturated heterocycles. The van der Waals surface area contributed by atoms with Gasteiger partial charge in [0, 0.05) is 30.8 Å². The SMILES string of the molecule is O=[N+]([O-])c1cc(Cl)ccc1N1CCC(CCO)C1. The van der Waals surface area contributed by atoms with Gasteiger partial charge in [0.15, 0.2) is 0 Å². The zero-order valence-electron chi connectivity index (χ0n) is 9.88. The third-order valence-electron chi connectivity index (χ3n) is 3.30. The lowest BCUT2D eigenvalue weighted by Crippen LogP contribution is -2.20. The lowest BCUT2D eigenvalue weighted by atomic mass is 10.1. The van der Waals surface area contributed by atoms with E-state index in [1.165, 1.54) is 6.07 Å². The molecule has 1 heterocycles. The van der Waals surface area contributed by atoms with E-state index in [1.54, 1.807) is 12.1 Å². The molecule has 18 heavy (non-hydrogen) atoms. The monoisotopic (exact) mass is 270 g/mol. The number of hydrogen-bond acceptors (Lipinski definition) is 4. The normalized spacial score (nSPS) is 19.2. The first-order valence-electron chi connectivity index (χ1n) is 5.91. The molecule has 1 fully saturated rings. The molecule has 0 bridgehead atoms. The number of benzene rings is 1. The van der Waals surface area contributed by atoms with Gasteiger partial charge in [-0.1, -0.05) is 11.6 Å². The van der Waals surface area contributed by atoms with Crippen molar-refractivity contribution in [1.82, 2.24) is 0 Å². The predicted octanol–water partition coefficient (Wildman–Crippen LogP) is 2.46. The summed E-state index contributed by atoms with van der Waals surface area (Å²) in [6.07, 6.45) is 1.71. The van der Waals surface area contributed by atoms with Gasteiger partial charge in [-0.25, -0.2) is 0 Å². The molecule has 0 aromatic heterocycles. The van der Waals surface area contributed by atoms with E-state index in [-0.39, 0.29) is 12.3 Å². The van der Waals surface area contributed by atoms with Crippen LogP contribution in [0.5, 0.6) is 0 Å². The minimum Gasteiger partial charge on any atom is -0.396 e. The highest BCUT2D eigenvalue weighted by Gasteiger charge is 2.27. The Balaban J connectivity index is 2.21. The van der Waals surface area contributed by atoms with Crippen molar-refractivity contribution in [2.75, 3.05) is 24.6 Å². The molecule has 2 rings (SSSR count). The van der Waals surface area contributed by atoms with Crippen LogP contribution in [0.1, 0.15) is 12.8 Å². The Morgan fingerprint density at radius 2 is 2.33 bits per heavy atom. The van der Waals surface area contributed by atoms with Crippen molar-refractivity contribution in [3.8, 4) is 0 Å². The van der Waals surface area contributed by atoms with E-state index in [1.807, 2.05) is 4.90 Å². The summed E-state index contributed by atoms with van der Waals surface area (Å²) in [5.74, 6) is 0.408. The Kier molecular flexibility index (Phi) is 4.04. The number of halogens is 1. The third-order valence-corrected chi connectivity index (χ3v) is 3.53. The molecule has 0 spiro atoms. The molecule has 0 amide bonds. The molecule has 0 radical (unpaired) electrons. The standard InChI is InChI=1S/C12H15ClN2O3/c13-10-1-2-11(12(7-10)15(17)18)14-5-3-9(8-14)4-6-16/h1-2,7,9,16H,3-6,8H2. The number of hydrogen-bond donors (Lipinski definition) is 1. The van der Waals surface area contributed by atoms with Gasteiger partial charge in [-0.2, -0.15) is 0 Å². The summed E-state index contributed by atoms with van der Waals surface area (Å²) >= 11 is 5.79. The fraction of sp³-hybridized carbons (Fsp3) is 0.500. The van der Waals surface area contributed by atoms with Crippen LogP contribution >= 0.6 is 11.6 Å². The molecular weight excluding hydrogens is 256 g/mol. The molecule has 1 unspecified atom stereocenters. The first kappa shape index (κ1) is 13.1. The largest absolute Gasteiger partial charge is 0.396 e. The van der Waals surface area contributed by atoms with Crippen LogP contribution in [0.3, 0.4) is 0 Å². The van der Waals surface area contributed by atoms with E-state index in [0.717, 1.165) is 25.9 Å². The quantitative estimate of drug-likeness (QED) is 0.674. The van der Waals surface area contributed by atoms with E-state index >= 15 is 0 Å². The van der Waals surface area contributed by atoms with Gasteiger partial charge in [0.2, 0.25) is 0 Å². The number of nitrogens with zero attached hydrogens (tertiary/aromatic N) is 2. The molecule has 5 nitrogen and oxygen atoms in total. The second kappa shape index (κ2) is 5.54. The highest BCUT2D eigenvalue weighted by atomic mass is 35.5. The third kappa shape index (κ3) is 2.73. The Labute approximate surface area is 110 Å². The van der Waals surface area contributed by atoms with Crippen molar-refractivity contribution >= 4 is 23.0 Å². The summed E-state index contributed by atoms with van der Waals surface area (Å²) in [5, 5.41) is 20.3. The van der Waals surface area contributed by atoms with Gasteiger partial charge >= 0.3 is 0 Å². The lowest BCUT2D eigenvalue weighted by molar-refractivity contribution is -0.384. The van der Waals surface area contributed by atoms with Crippen molar-refractivity contribution < 1.29 is 10.0 Å². The smallest absolute Gasteiger partial charge is 0.294 e. The van der Waals surface area contributed by atoms with Crippen LogP contribution in [0.25, 0.3) is 0 Å². The van der Waals surface area contributed by atoms with Gasteiger partial charge in [0.05, 0.1) is 4.92 Å². The summed E-state index contributed by atoms with van der Waals surface area (Å²) in [5.41, 5.74) is 0.664. The van der Waals surface area contributed by atoms with Gasteiger partial charge in [-0.3, -0.25) is 10.1 Å². The van der Waals surface area contributed by atoms with E-state index < -0.39 is 4.92 Å². The van der Waals surface area contributed by atoms with Crippen LogP contribution in [-0.4, -0.2) is 29.7 Å². The Morgan fingerprint density at radius 3 is 3.00 bits per heavy atom. The Hall–Kier alpha value is -1.33. The molecule has 1 atom stereocenters. The molecule has 98 valence electrons. The summed E-state index contributed by atoms with van der Waals surface area (Å²) in [4.78, 5) is 12.6. The summed E-state index contributed by atoms with van der Waals surface area (Å²) in [6, 6.07) is 4.75. The Morgan fingerprint density at radius 1 is 1.56 bits per heavy atom. The van der Waals surface area contributed by atoms with Crippen LogP contribution in [0.2, 0.25) is 5.02 Å². The van der Waals surface area contributed by atoms with Gasteiger partial charge in [0.25, 0.3) is 5.69 Å². The topological polar surface area (TPSA) is 66.6 Å². The number of aliphatic hydroxyl groups excluding tert-OH is 1. The lowest BCUT2D eigenvalue weighted by Gasteiger charge is -2.18. The van der Waals surface area contributed by atoms with Gasteiger partial charge in [-0.15, -0.1) is 0 Å². The zero-order valence-corrected chi connectivity index (χ0v) is 10.6. The van der Waals surface area contributed by atoms with Crippen LogP contribution in [0.15, 0.2) is 18.2 Å². The highest BCUT2D eigenvalue weighted by molar-refractivity contribution is 6.30. The fourth-order valence-electron chi connectivity index (χ4n) is 2.38. The first-order valence-corrected chi connectivity index (χ1v) is 6.29. The van der Waals surface area contributed by atoms with Crippen LogP contribution in [-0.2, 0) is 0 Å². The molecule has 1 N–H and O–H groups in total. The maximum atomic E-state index is 11.0. The maximum Gasteiger partial charge on any atom is 0.294 e. The zero-order chi connectivity index (χ0) is 13.1. The fourth-order valence-corrected chi connectivity index (χ4v) is 2.55. The van der Waals surface area contributed by atoms with Crippen LogP contribution < -0.4 is 4.90 Å². The minimum absolute atomic E-state index is 0.0483. The highest BCUT2D eigenvalue weighted by Crippen LogP contribution is 2.34. The van der Waals surface area contributed by atoms with Crippen molar-refractivity contribution in [1.29, 1.82) is 0 Å². The average Bonchev–Trinajstić information content (AvgIpc) is 2.78. The van der Waals surface area contributed by atoms with E-state index in [4.69, 9.17) is 16.7 Å². The van der Waals surface area contributed by atoms with Crippen molar-refractivity contribution in [3.63, 3.8) is 0 Å². The summed E-state index contributed by atoms with van der Waals surface area (Å²) in [6.45, 7) is 1.71. The molecule has 0 saturated carbocycles. The second-order valence-corrected chi connectivity index (χ2v) is 4.94. The summed E-state index contributed by atoms with van der Waals surface area (Å²) < 4.78 is 0. The summed E-state index contributed by atoms with van der Waals surface area (Å²) in [7, 11) is 0. The predicted molar refractivity (Wildman–Crippen MR) is 70.1 cm³/mol. The number of anilines is 1. The number of nitro benzene ring substituents is 1.